The van der Waals surface area contributed by atoms with E-state index in [1.807, 2.05) is 6.92 Å². The minimum Gasteiger partial charge on any atom is -0.491 e. The molecule has 112 valence electrons. The Morgan fingerprint density at radius 3 is 2.52 bits per heavy atom. The summed E-state index contributed by atoms with van der Waals surface area (Å²) in [4.78, 5) is 8.86. The molecule has 0 aliphatic heterocycles. The van der Waals surface area contributed by atoms with Gasteiger partial charge in [0.2, 0.25) is 0 Å². The third-order valence-corrected chi connectivity index (χ3v) is 3.43. The molecule has 0 radical (unpaired) electrons. The lowest BCUT2D eigenvalue weighted by Crippen LogP contribution is -2.04. The van der Waals surface area contributed by atoms with Crippen molar-refractivity contribution in [3.8, 4) is 17.0 Å². The number of alkyl halides is 2. The molecule has 0 atom stereocenters. The maximum Gasteiger partial charge on any atom is 0.288 e. The fourth-order valence-corrected chi connectivity index (χ4v) is 2.36. The van der Waals surface area contributed by atoms with Gasteiger partial charge >= 0.3 is 0 Å². The Hall–Kier alpha value is -1.89. The number of halogens is 2. The van der Waals surface area contributed by atoms with Crippen LogP contribution in [0.15, 0.2) is 35.5 Å². The topological polar surface area (TPSA) is 47.0 Å². The number of thioether (sulfide) groups is 1. The number of nitrogens with zero attached hydrogens (tertiary/aromatic N) is 2. The van der Waals surface area contributed by atoms with Gasteiger partial charge in [0.25, 0.3) is 5.76 Å². The fourth-order valence-electron chi connectivity index (χ4n) is 1.86. The van der Waals surface area contributed by atoms with E-state index in [1.54, 1.807) is 31.4 Å². The zero-order valence-electron chi connectivity index (χ0n) is 11.6. The van der Waals surface area contributed by atoms with Gasteiger partial charge in [-0.15, -0.1) is 0 Å². The Kier molecular flexibility index (Phi) is 5.32. The third kappa shape index (κ3) is 3.81. The van der Waals surface area contributed by atoms with Gasteiger partial charge in [-0.1, -0.05) is 23.9 Å². The Morgan fingerprint density at radius 1 is 1.24 bits per heavy atom. The molecule has 0 fully saturated rings. The number of hydrogen-bond acceptors (Lipinski definition) is 5. The number of hydrogen-bond donors (Lipinski definition) is 1. The molecule has 2 rings (SSSR count). The molecule has 0 saturated heterocycles. The summed E-state index contributed by atoms with van der Waals surface area (Å²) in [6, 6.07) is 6.76. The number of benzene rings is 1. The first-order chi connectivity index (χ1) is 10.2. The Morgan fingerprint density at radius 2 is 1.95 bits per heavy atom. The van der Waals surface area contributed by atoms with E-state index >= 15 is 0 Å². The summed E-state index contributed by atoms with van der Waals surface area (Å²) in [5.41, 5.74) is 1.41. The first kappa shape index (κ1) is 15.5. The van der Waals surface area contributed by atoms with Crippen LogP contribution in [0.4, 0.5) is 14.6 Å². The quantitative estimate of drug-likeness (QED) is 0.820. The van der Waals surface area contributed by atoms with Crippen LogP contribution in [0.2, 0.25) is 0 Å². The normalized spacial score (nSPS) is 10.7. The number of ether oxygens (including phenoxy) is 1. The highest BCUT2D eigenvalue weighted by atomic mass is 32.2. The first-order valence-electron chi connectivity index (χ1n) is 6.33. The Bertz CT molecular complexity index is 593. The number of rotatable bonds is 6. The van der Waals surface area contributed by atoms with Gasteiger partial charge in [0.05, 0.1) is 7.11 Å². The van der Waals surface area contributed by atoms with Gasteiger partial charge in [0.1, 0.15) is 12.0 Å². The molecule has 0 saturated carbocycles. The molecule has 1 heterocycles. The van der Waals surface area contributed by atoms with Crippen molar-refractivity contribution in [3.05, 3.63) is 30.6 Å². The van der Waals surface area contributed by atoms with Crippen LogP contribution in [0.25, 0.3) is 11.3 Å². The summed E-state index contributed by atoms with van der Waals surface area (Å²) in [5.74, 6) is -1.28. The van der Waals surface area contributed by atoms with Crippen molar-refractivity contribution in [2.45, 2.75) is 17.6 Å². The minimum absolute atomic E-state index is 0.508. The van der Waals surface area contributed by atoms with Gasteiger partial charge in [-0.05, 0) is 19.1 Å². The second kappa shape index (κ2) is 7.21. The van der Waals surface area contributed by atoms with Gasteiger partial charge in [-0.25, -0.2) is 9.97 Å². The molecule has 1 aromatic carbocycles. The molecule has 0 aliphatic carbocycles. The van der Waals surface area contributed by atoms with E-state index < -0.39 is 5.76 Å². The second-order valence-corrected chi connectivity index (χ2v) is 5.10. The molecule has 0 aliphatic rings. The van der Waals surface area contributed by atoms with Crippen molar-refractivity contribution in [1.29, 1.82) is 0 Å². The number of methoxy groups -OCH3 is 1. The van der Waals surface area contributed by atoms with Gasteiger partial charge in [-0.2, -0.15) is 8.78 Å². The second-order valence-electron chi connectivity index (χ2n) is 4.04. The van der Waals surface area contributed by atoms with Crippen molar-refractivity contribution in [3.63, 3.8) is 0 Å². The maximum absolute atomic E-state index is 12.3. The standard InChI is InChI=1S/C14H15F2N3OS/c1-3-17-13-12(20-2)11(18-8-19-13)9-4-6-10(7-5-9)21-14(15)16/h4-8,14H,3H2,1-2H3,(H,17,18,19). The van der Waals surface area contributed by atoms with Crippen LogP contribution >= 0.6 is 11.8 Å². The number of nitrogens with one attached hydrogen (secondary N) is 1. The molecular weight excluding hydrogens is 296 g/mol. The van der Waals surface area contributed by atoms with Crippen molar-refractivity contribution in [2.75, 3.05) is 19.0 Å². The predicted octanol–water partition coefficient (Wildman–Crippen LogP) is 3.90. The van der Waals surface area contributed by atoms with E-state index in [4.69, 9.17) is 4.74 Å². The zero-order valence-corrected chi connectivity index (χ0v) is 12.5. The first-order valence-corrected chi connectivity index (χ1v) is 7.21. The average molecular weight is 311 g/mol. The lowest BCUT2D eigenvalue weighted by Gasteiger charge is -2.12. The summed E-state index contributed by atoms with van der Waals surface area (Å²) in [6.07, 6.45) is 1.44. The van der Waals surface area contributed by atoms with Crippen LogP contribution in [0.1, 0.15) is 6.92 Å². The summed E-state index contributed by atoms with van der Waals surface area (Å²) in [5, 5.41) is 3.10. The van der Waals surface area contributed by atoms with E-state index in [0.717, 1.165) is 5.56 Å². The Labute approximate surface area is 126 Å². The van der Waals surface area contributed by atoms with Crippen LogP contribution in [-0.4, -0.2) is 29.4 Å². The van der Waals surface area contributed by atoms with Crippen molar-refractivity contribution >= 4 is 17.6 Å². The highest BCUT2D eigenvalue weighted by Gasteiger charge is 2.14. The molecule has 0 amide bonds. The molecule has 1 aromatic heterocycles. The van der Waals surface area contributed by atoms with Crippen LogP contribution in [0.3, 0.4) is 0 Å². The molecular formula is C14H15F2N3OS. The van der Waals surface area contributed by atoms with E-state index in [2.05, 4.69) is 15.3 Å². The van der Waals surface area contributed by atoms with Crippen molar-refractivity contribution in [1.82, 2.24) is 9.97 Å². The fraction of sp³-hybridized carbons (Fsp3) is 0.286. The predicted molar refractivity (Wildman–Crippen MR) is 80.0 cm³/mol. The van der Waals surface area contributed by atoms with E-state index in [-0.39, 0.29) is 0 Å². The minimum atomic E-state index is -2.43. The smallest absolute Gasteiger partial charge is 0.288 e. The molecule has 0 bridgehead atoms. The molecule has 0 unspecified atom stereocenters. The average Bonchev–Trinajstić information content (AvgIpc) is 2.47. The van der Waals surface area contributed by atoms with Gasteiger partial charge < -0.3 is 10.1 Å². The van der Waals surface area contributed by atoms with Crippen molar-refractivity contribution < 1.29 is 13.5 Å². The largest absolute Gasteiger partial charge is 0.491 e. The number of aromatic nitrogens is 2. The van der Waals surface area contributed by atoms with Crippen LogP contribution in [0, 0.1) is 0 Å². The highest BCUT2D eigenvalue weighted by Crippen LogP contribution is 2.34. The summed E-state index contributed by atoms with van der Waals surface area (Å²) < 4.78 is 30.0. The van der Waals surface area contributed by atoms with Gasteiger partial charge in [-0.3, -0.25) is 0 Å². The molecule has 21 heavy (non-hydrogen) atoms. The van der Waals surface area contributed by atoms with Gasteiger partial charge in [0, 0.05) is 17.0 Å². The Balaban J connectivity index is 2.35. The summed E-state index contributed by atoms with van der Waals surface area (Å²) in [6.45, 7) is 2.66. The van der Waals surface area contributed by atoms with E-state index in [1.165, 1.54) is 6.33 Å². The molecule has 0 spiro atoms. The molecule has 2 aromatic rings. The van der Waals surface area contributed by atoms with E-state index in [9.17, 15) is 8.78 Å². The van der Waals surface area contributed by atoms with Gasteiger partial charge in [0.15, 0.2) is 11.6 Å². The molecule has 4 nitrogen and oxygen atoms in total. The maximum atomic E-state index is 12.3. The summed E-state index contributed by atoms with van der Waals surface area (Å²) in [7, 11) is 1.55. The van der Waals surface area contributed by atoms with Crippen LogP contribution < -0.4 is 10.1 Å². The summed E-state index contributed by atoms with van der Waals surface area (Å²) >= 11 is 0.514. The lowest BCUT2D eigenvalue weighted by molar-refractivity contribution is 0.252. The van der Waals surface area contributed by atoms with Crippen LogP contribution in [0.5, 0.6) is 5.75 Å². The lowest BCUT2D eigenvalue weighted by atomic mass is 10.1. The van der Waals surface area contributed by atoms with Crippen molar-refractivity contribution in [2.24, 2.45) is 0 Å². The molecule has 7 heteroatoms. The highest BCUT2D eigenvalue weighted by molar-refractivity contribution is 7.99. The third-order valence-electron chi connectivity index (χ3n) is 2.71. The molecule has 1 N–H and O–H groups in total. The number of anilines is 1. The monoisotopic (exact) mass is 311 g/mol. The zero-order chi connectivity index (χ0) is 15.2. The SMILES string of the molecule is CCNc1ncnc(-c2ccc(SC(F)F)cc2)c1OC. The van der Waals surface area contributed by atoms with E-state index in [0.29, 0.717) is 40.5 Å². The van der Waals surface area contributed by atoms with Crippen LogP contribution in [-0.2, 0) is 0 Å².